The number of carbonyl (C=O) groups is 1. The summed E-state index contributed by atoms with van der Waals surface area (Å²) in [5.41, 5.74) is 0.942. The van der Waals surface area contributed by atoms with E-state index in [-0.39, 0.29) is 18.6 Å². The molecule has 1 amide bonds. The van der Waals surface area contributed by atoms with Crippen molar-refractivity contribution in [3.8, 4) is 11.8 Å². The quantitative estimate of drug-likeness (QED) is 0.786. The Morgan fingerprint density at radius 2 is 2.33 bits per heavy atom. The molecule has 1 heterocycles. The molecule has 0 fully saturated rings. The highest BCUT2D eigenvalue weighted by Gasteiger charge is 2.12. The van der Waals surface area contributed by atoms with Crippen molar-refractivity contribution in [2.75, 3.05) is 20.8 Å². The Morgan fingerprint density at radius 3 is 3.00 bits per heavy atom. The lowest BCUT2D eigenvalue weighted by Gasteiger charge is -2.17. The Labute approximate surface area is 130 Å². The van der Waals surface area contributed by atoms with Gasteiger partial charge in [0.05, 0.1) is 19.3 Å². The first-order chi connectivity index (χ1) is 10.1. The van der Waals surface area contributed by atoms with Crippen LogP contribution in [0.3, 0.4) is 0 Å². The lowest BCUT2D eigenvalue weighted by atomic mass is 10.2. The van der Waals surface area contributed by atoms with Crippen molar-refractivity contribution in [1.29, 1.82) is 0 Å². The van der Waals surface area contributed by atoms with E-state index in [0.29, 0.717) is 19.4 Å². The van der Waals surface area contributed by atoms with Crippen LogP contribution < -0.4 is 0 Å². The Balaban J connectivity index is 2.46. The number of hydrogen-bond acceptors (Lipinski definition) is 4. The number of carbonyl (C=O) groups excluding carboxylic acids is 1. The lowest BCUT2D eigenvalue weighted by molar-refractivity contribution is -0.131. The Bertz CT molecular complexity index is 501. The smallest absolute Gasteiger partial charge is 0.222 e. The molecule has 1 rings (SSSR count). The van der Waals surface area contributed by atoms with Gasteiger partial charge in [0, 0.05) is 42.8 Å². The Morgan fingerprint density at radius 1 is 1.57 bits per heavy atom. The topological polar surface area (TPSA) is 49.8 Å². The van der Waals surface area contributed by atoms with Crippen LogP contribution in [-0.4, -0.2) is 42.8 Å². The van der Waals surface area contributed by atoms with Crippen molar-refractivity contribution in [3.63, 3.8) is 0 Å². The predicted molar refractivity (Wildman–Crippen MR) is 85.1 cm³/mol. The van der Waals surface area contributed by atoms with Crippen molar-refractivity contribution >= 4 is 17.2 Å². The molecule has 1 atom stereocenters. The highest BCUT2D eigenvalue weighted by Crippen LogP contribution is 2.16. The van der Waals surface area contributed by atoms with Crippen molar-refractivity contribution in [3.05, 3.63) is 21.9 Å². The third kappa shape index (κ3) is 6.76. The minimum Gasteiger partial charge on any atom is -0.395 e. The SMILES string of the molecule is COC(C)CCC(=O)N(C)Cc1cc(C#CCCO)cs1. The largest absolute Gasteiger partial charge is 0.395 e. The summed E-state index contributed by atoms with van der Waals surface area (Å²) in [5.74, 6) is 6.01. The van der Waals surface area contributed by atoms with Crippen LogP contribution in [0.15, 0.2) is 11.4 Å². The van der Waals surface area contributed by atoms with Crippen LogP contribution in [-0.2, 0) is 16.1 Å². The maximum Gasteiger partial charge on any atom is 0.222 e. The predicted octanol–water partition coefficient (Wildman–Crippen LogP) is 2.26. The number of hydrogen-bond donors (Lipinski definition) is 1. The maximum atomic E-state index is 12.0. The van der Waals surface area contributed by atoms with Gasteiger partial charge in [-0.3, -0.25) is 4.79 Å². The molecule has 0 bridgehead atoms. The summed E-state index contributed by atoms with van der Waals surface area (Å²) in [6.07, 6.45) is 1.83. The first-order valence-electron chi connectivity index (χ1n) is 7.00. The molecule has 0 aliphatic carbocycles. The van der Waals surface area contributed by atoms with Gasteiger partial charge in [-0.1, -0.05) is 11.8 Å². The normalized spacial score (nSPS) is 11.6. The summed E-state index contributed by atoms with van der Waals surface area (Å²) in [7, 11) is 3.47. The zero-order valence-corrected chi connectivity index (χ0v) is 13.7. The van der Waals surface area contributed by atoms with Gasteiger partial charge in [0.15, 0.2) is 0 Å². The van der Waals surface area contributed by atoms with Gasteiger partial charge in [-0.05, 0) is 19.4 Å². The van der Waals surface area contributed by atoms with Gasteiger partial charge >= 0.3 is 0 Å². The highest BCUT2D eigenvalue weighted by atomic mass is 32.1. The molecule has 0 saturated heterocycles. The summed E-state index contributed by atoms with van der Waals surface area (Å²) < 4.78 is 5.15. The number of ether oxygens (including phenoxy) is 1. The minimum atomic E-state index is 0.0845. The number of thiophene rings is 1. The van der Waals surface area contributed by atoms with Gasteiger partial charge in [0.2, 0.25) is 5.91 Å². The van der Waals surface area contributed by atoms with Gasteiger partial charge in [0.25, 0.3) is 0 Å². The van der Waals surface area contributed by atoms with Crippen molar-refractivity contribution < 1.29 is 14.6 Å². The second kappa shape index (κ2) is 9.56. The van der Waals surface area contributed by atoms with Crippen LogP contribution in [0.4, 0.5) is 0 Å². The molecule has 1 unspecified atom stereocenters. The van der Waals surface area contributed by atoms with Crippen LogP contribution in [0.2, 0.25) is 0 Å². The van der Waals surface area contributed by atoms with Crippen LogP contribution in [0.25, 0.3) is 0 Å². The monoisotopic (exact) mass is 309 g/mol. The van der Waals surface area contributed by atoms with E-state index in [1.165, 1.54) is 0 Å². The van der Waals surface area contributed by atoms with E-state index >= 15 is 0 Å². The third-order valence-corrected chi connectivity index (χ3v) is 4.03. The fraction of sp³-hybridized carbons (Fsp3) is 0.562. The summed E-state index contributed by atoms with van der Waals surface area (Å²) in [4.78, 5) is 14.9. The molecule has 0 saturated carbocycles. The number of nitrogens with zero attached hydrogens (tertiary/aromatic N) is 1. The molecule has 1 N–H and O–H groups in total. The third-order valence-electron chi connectivity index (χ3n) is 3.11. The van der Waals surface area contributed by atoms with Gasteiger partial charge < -0.3 is 14.7 Å². The van der Waals surface area contributed by atoms with Crippen LogP contribution >= 0.6 is 11.3 Å². The molecular formula is C16H23NO3S. The standard InChI is InChI=1S/C16H23NO3S/c1-13(20-3)7-8-16(19)17(2)11-15-10-14(12-21-15)6-4-5-9-18/h10,12-13,18H,5,7-9,11H2,1-3H3. The highest BCUT2D eigenvalue weighted by molar-refractivity contribution is 7.10. The van der Waals surface area contributed by atoms with E-state index in [9.17, 15) is 4.79 Å². The molecule has 21 heavy (non-hydrogen) atoms. The summed E-state index contributed by atoms with van der Waals surface area (Å²) in [6.45, 7) is 2.65. The van der Waals surface area contributed by atoms with Gasteiger partial charge in [0.1, 0.15) is 0 Å². The second-order valence-electron chi connectivity index (χ2n) is 4.91. The molecule has 0 aromatic carbocycles. The molecule has 116 valence electrons. The fourth-order valence-corrected chi connectivity index (χ4v) is 2.58. The number of methoxy groups -OCH3 is 1. The average Bonchev–Trinajstić information content (AvgIpc) is 2.92. The average molecular weight is 309 g/mol. The number of aliphatic hydroxyl groups excluding tert-OH is 1. The number of aliphatic hydroxyl groups is 1. The zero-order chi connectivity index (χ0) is 15.7. The van der Waals surface area contributed by atoms with Gasteiger partial charge in [-0.2, -0.15) is 0 Å². The molecule has 4 nitrogen and oxygen atoms in total. The van der Waals surface area contributed by atoms with Crippen LogP contribution in [0.5, 0.6) is 0 Å². The van der Waals surface area contributed by atoms with Gasteiger partial charge in [-0.25, -0.2) is 0 Å². The van der Waals surface area contributed by atoms with E-state index < -0.39 is 0 Å². The second-order valence-corrected chi connectivity index (χ2v) is 5.91. The van der Waals surface area contributed by atoms with Crippen molar-refractivity contribution in [1.82, 2.24) is 4.90 Å². The zero-order valence-electron chi connectivity index (χ0n) is 12.9. The lowest BCUT2D eigenvalue weighted by Crippen LogP contribution is -2.26. The van der Waals surface area contributed by atoms with E-state index in [1.807, 2.05) is 25.4 Å². The molecule has 0 radical (unpaired) electrons. The summed E-state index contributed by atoms with van der Waals surface area (Å²) in [5, 5.41) is 10.7. The summed E-state index contributed by atoms with van der Waals surface area (Å²) in [6, 6.07) is 2.00. The van der Waals surface area contributed by atoms with E-state index in [0.717, 1.165) is 16.9 Å². The summed E-state index contributed by atoms with van der Waals surface area (Å²) >= 11 is 1.60. The number of amides is 1. The minimum absolute atomic E-state index is 0.0845. The first kappa shape index (κ1) is 17.7. The van der Waals surface area contributed by atoms with E-state index in [4.69, 9.17) is 9.84 Å². The molecule has 1 aromatic rings. The Kier molecular flexibility index (Phi) is 8.06. The van der Waals surface area contributed by atoms with Crippen LogP contribution in [0.1, 0.15) is 36.6 Å². The van der Waals surface area contributed by atoms with E-state index in [1.54, 1.807) is 23.3 Å². The van der Waals surface area contributed by atoms with Crippen molar-refractivity contribution in [2.24, 2.45) is 0 Å². The van der Waals surface area contributed by atoms with Crippen molar-refractivity contribution in [2.45, 2.75) is 38.8 Å². The van der Waals surface area contributed by atoms with Crippen LogP contribution in [0, 0.1) is 11.8 Å². The number of rotatable bonds is 7. The molecular weight excluding hydrogens is 286 g/mol. The molecule has 1 aromatic heterocycles. The van der Waals surface area contributed by atoms with E-state index in [2.05, 4.69) is 11.8 Å². The van der Waals surface area contributed by atoms with Gasteiger partial charge in [-0.15, -0.1) is 11.3 Å². The molecule has 0 spiro atoms. The molecule has 5 heteroatoms. The fourth-order valence-electron chi connectivity index (χ4n) is 1.71. The molecule has 0 aliphatic heterocycles. The first-order valence-corrected chi connectivity index (χ1v) is 7.88. The molecule has 0 aliphatic rings. The maximum absolute atomic E-state index is 12.0. The Hall–Kier alpha value is -1.35.